The van der Waals surface area contributed by atoms with Gasteiger partial charge in [-0.15, -0.1) is 11.3 Å². The molecule has 0 radical (unpaired) electrons. The lowest BCUT2D eigenvalue weighted by molar-refractivity contribution is 0.0954. The van der Waals surface area contributed by atoms with Crippen LogP contribution in [0.3, 0.4) is 0 Å². The molecule has 3 aromatic rings. The van der Waals surface area contributed by atoms with E-state index in [2.05, 4.69) is 10.3 Å². The van der Waals surface area contributed by atoms with Crippen LogP contribution in [0.4, 0.5) is 4.39 Å². The molecule has 1 N–H and O–H groups in total. The van der Waals surface area contributed by atoms with Crippen LogP contribution in [0.5, 0.6) is 0 Å². The molecule has 2 aromatic heterocycles. The van der Waals surface area contributed by atoms with Crippen LogP contribution in [-0.2, 0) is 13.6 Å². The number of carbonyl (C=O) groups is 1. The van der Waals surface area contributed by atoms with Gasteiger partial charge in [0.25, 0.3) is 11.5 Å². The molecule has 0 saturated carbocycles. The Morgan fingerprint density at radius 3 is 2.62 bits per heavy atom. The summed E-state index contributed by atoms with van der Waals surface area (Å²) in [6.45, 7) is 3.80. The predicted octanol–water partition coefficient (Wildman–Crippen LogP) is 2.68. The van der Waals surface area contributed by atoms with Crippen LogP contribution >= 0.6 is 11.3 Å². The second-order valence-electron chi connectivity index (χ2n) is 5.57. The Morgan fingerprint density at radius 2 is 1.96 bits per heavy atom. The van der Waals surface area contributed by atoms with Gasteiger partial charge in [0.15, 0.2) is 0 Å². The van der Waals surface area contributed by atoms with Gasteiger partial charge in [-0.2, -0.15) is 0 Å². The van der Waals surface area contributed by atoms with Crippen molar-refractivity contribution in [3.63, 3.8) is 0 Å². The Morgan fingerprint density at radius 1 is 1.29 bits per heavy atom. The summed E-state index contributed by atoms with van der Waals surface area (Å²) in [5.41, 5.74) is 1.29. The molecule has 0 saturated heterocycles. The lowest BCUT2D eigenvalue weighted by atomic mass is 10.2. The van der Waals surface area contributed by atoms with Crippen LogP contribution in [0, 0.1) is 19.7 Å². The molecule has 2 heterocycles. The largest absolute Gasteiger partial charge is 0.347 e. The maximum Gasteiger partial charge on any atom is 0.262 e. The third-order valence-electron chi connectivity index (χ3n) is 3.97. The van der Waals surface area contributed by atoms with Crippen molar-refractivity contribution in [2.75, 3.05) is 0 Å². The number of rotatable bonds is 3. The molecule has 0 fully saturated rings. The number of benzene rings is 1. The number of aromatic nitrogens is 2. The SMILES string of the molecule is Cc1c(C(=O)NCc2ccc(F)cc2)sc2nc(C)n(C)c(=O)c12. The van der Waals surface area contributed by atoms with Gasteiger partial charge in [-0.3, -0.25) is 14.2 Å². The van der Waals surface area contributed by atoms with Crippen molar-refractivity contribution in [3.8, 4) is 0 Å². The van der Waals surface area contributed by atoms with Gasteiger partial charge < -0.3 is 5.32 Å². The Labute approximate surface area is 141 Å². The predicted molar refractivity (Wildman–Crippen MR) is 91.9 cm³/mol. The van der Waals surface area contributed by atoms with Gasteiger partial charge in [-0.05, 0) is 37.1 Å². The Bertz CT molecular complexity index is 990. The van der Waals surface area contributed by atoms with Crippen LogP contribution in [-0.4, -0.2) is 15.5 Å². The van der Waals surface area contributed by atoms with E-state index < -0.39 is 0 Å². The lowest BCUT2D eigenvalue weighted by Crippen LogP contribution is -2.23. The molecule has 0 aliphatic heterocycles. The van der Waals surface area contributed by atoms with Crippen LogP contribution in [0.15, 0.2) is 29.1 Å². The van der Waals surface area contributed by atoms with Gasteiger partial charge in [0.05, 0.1) is 10.3 Å². The van der Waals surface area contributed by atoms with E-state index in [9.17, 15) is 14.0 Å². The summed E-state index contributed by atoms with van der Waals surface area (Å²) in [6, 6.07) is 5.94. The number of aryl methyl sites for hydroxylation is 2. The maximum atomic E-state index is 12.9. The van der Waals surface area contributed by atoms with E-state index in [-0.39, 0.29) is 23.8 Å². The first-order chi connectivity index (χ1) is 11.4. The first-order valence-corrected chi connectivity index (χ1v) is 8.19. The van der Waals surface area contributed by atoms with Crippen molar-refractivity contribution >= 4 is 27.5 Å². The Hall–Kier alpha value is -2.54. The van der Waals surface area contributed by atoms with Crippen LogP contribution in [0.25, 0.3) is 10.2 Å². The van der Waals surface area contributed by atoms with Crippen molar-refractivity contribution in [2.24, 2.45) is 7.05 Å². The first kappa shape index (κ1) is 16.3. The molecule has 1 aromatic carbocycles. The van der Waals surface area contributed by atoms with Crippen molar-refractivity contribution in [3.05, 3.63) is 62.3 Å². The van der Waals surface area contributed by atoms with Gasteiger partial charge in [0, 0.05) is 13.6 Å². The fraction of sp³-hybridized carbons (Fsp3) is 0.235. The topological polar surface area (TPSA) is 64.0 Å². The summed E-state index contributed by atoms with van der Waals surface area (Å²) in [5.74, 6) is 0.0225. The molecule has 124 valence electrons. The van der Waals surface area contributed by atoms with E-state index in [1.54, 1.807) is 33.0 Å². The third-order valence-corrected chi connectivity index (χ3v) is 5.15. The minimum absolute atomic E-state index is 0.149. The number of carbonyl (C=O) groups excluding carboxylic acids is 1. The quantitative estimate of drug-likeness (QED) is 0.794. The number of fused-ring (bicyclic) bond motifs is 1. The molecule has 7 heteroatoms. The zero-order valence-electron chi connectivity index (χ0n) is 13.5. The Balaban J connectivity index is 1.90. The van der Waals surface area contributed by atoms with E-state index in [0.717, 1.165) is 5.56 Å². The van der Waals surface area contributed by atoms with Crippen molar-refractivity contribution in [1.29, 1.82) is 0 Å². The number of nitrogens with zero attached hydrogens (tertiary/aromatic N) is 2. The van der Waals surface area contributed by atoms with Crippen molar-refractivity contribution in [2.45, 2.75) is 20.4 Å². The fourth-order valence-corrected chi connectivity index (χ4v) is 3.58. The molecule has 24 heavy (non-hydrogen) atoms. The number of halogens is 1. The smallest absolute Gasteiger partial charge is 0.262 e. The molecular formula is C17H16FN3O2S. The van der Waals surface area contributed by atoms with Gasteiger partial charge in [0.2, 0.25) is 0 Å². The first-order valence-electron chi connectivity index (χ1n) is 7.38. The van der Waals surface area contributed by atoms with Crippen LogP contribution in [0.1, 0.15) is 26.6 Å². The number of thiophene rings is 1. The summed E-state index contributed by atoms with van der Waals surface area (Å²) in [4.78, 5) is 30.3. The Kier molecular flexibility index (Phi) is 4.19. The summed E-state index contributed by atoms with van der Waals surface area (Å²) in [5, 5.41) is 3.28. The molecule has 3 rings (SSSR count). The summed E-state index contributed by atoms with van der Waals surface area (Å²) in [6.07, 6.45) is 0. The monoisotopic (exact) mass is 345 g/mol. The third kappa shape index (κ3) is 2.82. The number of amides is 1. The van der Waals surface area contributed by atoms with E-state index in [1.807, 2.05) is 0 Å². The molecular weight excluding hydrogens is 329 g/mol. The van der Waals surface area contributed by atoms with Crippen LogP contribution in [0.2, 0.25) is 0 Å². The highest BCUT2D eigenvalue weighted by Crippen LogP contribution is 2.27. The standard InChI is InChI=1S/C17H16FN3O2S/c1-9-13-16(20-10(2)21(3)17(13)23)24-14(9)15(22)19-8-11-4-6-12(18)7-5-11/h4-7H,8H2,1-3H3,(H,19,22). The second kappa shape index (κ2) is 6.16. The molecule has 5 nitrogen and oxygen atoms in total. The molecule has 0 bridgehead atoms. The van der Waals surface area contributed by atoms with Gasteiger partial charge >= 0.3 is 0 Å². The highest BCUT2D eigenvalue weighted by atomic mass is 32.1. The lowest BCUT2D eigenvalue weighted by Gasteiger charge is -2.04. The summed E-state index contributed by atoms with van der Waals surface area (Å²) >= 11 is 1.21. The minimum Gasteiger partial charge on any atom is -0.347 e. The number of hydrogen-bond acceptors (Lipinski definition) is 4. The molecule has 1 amide bonds. The van der Waals surface area contributed by atoms with Gasteiger partial charge in [-0.25, -0.2) is 9.37 Å². The van der Waals surface area contributed by atoms with Crippen LogP contribution < -0.4 is 10.9 Å². The van der Waals surface area contributed by atoms with E-state index >= 15 is 0 Å². The number of hydrogen-bond donors (Lipinski definition) is 1. The van der Waals surface area contributed by atoms with Crippen molar-refractivity contribution in [1.82, 2.24) is 14.9 Å². The highest BCUT2D eigenvalue weighted by Gasteiger charge is 2.19. The normalized spacial score (nSPS) is 11.0. The van der Waals surface area contributed by atoms with E-state index in [4.69, 9.17) is 0 Å². The molecule has 0 atom stereocenters. The highest BCUT2D eigenvalue weighted by molar-refractivity contribution is 7.20. The van der Waals surface area contributed by atoms with Gasteiger partial charge in [-0.1, -0.05) is 12.1 Å². The van der Waals surface area contributed by atoms with Gasteiger partial charge in [0.1, 0.15) is 16.5 Å². The average molecular weight is 345 g/mol. The molecule has 0 aliphatic carbocycles. The molecule has 0 unspecified atom stereocenters. The molecule has 0 spiro atoms. The second-order valence-corrected chi connectivity index (χ2v) is 6.57. The van der Waals surface area contributed by atoms with E-state index in [1.165, 1.54) is 28.0 Å². The zero-order chi connectivity index (χ0) is 17.4. The average Bonchev–Trinajstić information content (AvgIpc) is 2.88. The minimum atomic E-state index is -0.317. The summed E-state index contributed by atoms with van der Waals surface area (Å²) < 4.78 is 14.4. The van der Waals surface area contributed by atoms with E-state index in [0.29, 0.717) is 26.5 Å². The maximum absolute atomic E-state index is 12.9. The van der Waals surface area contributed by atoms with Crippen molar-refractivity contribution < 1.29 is 9.18 Å². The zero-order valence-corrected chi connectivity index (χ0v) is 14.3. The summed E-state index contributed by atoms with van der Waals surface area (Å²) in [7, 11) is 1.66. The number of nitrogens with one attached hydrogen (secondary N) is 1. The fourth-order valence-electron chi connectivity index (χ4n) is 2.45. The molecule has 0 aliphatic rings.